The highest BCUT2D eigenvalue weighted by atomic mass is 32.1. The third kappa shape index (κ3) is 3.38. The van der Waals surface area contributed by atoms with Crippen molar-refractivity contribution in [3.05, 3.63) is 64.5 Å². The summed E-state index contributed by atoms with van der Waals surface area (Å²) < 4.78 is 0. The average Bonchev–Trinajstić information content (AvgIpc) is 3.21. The Bertz CT molecular complexity index is 705. The van der Waals surface area contributed by atoms with Crippen LogP contribution in [0.25, 0.3) is 11.3 Å². The van der Waals surface area contributed by atoms with Gasteiger partial charge in [-0.15, -0.1) is 11.3 Å². The van der Waals surface area contributed by atoms with Crippen LogP contribution in [-0.4, -0.2) is 22.6 Å². The molecule has 0 unspecified atom stereocenters. The molecule has 0 bridgehead atoms. The van der Waals surface area contributed by atoms with Crippen LogP contribution in [0.1, 0.15) is 15.2 Å². The lowest BCUT2D eigenvalue weighted by atomic mass is 10.1. The molecule has 0 radical (unpaired) electrons. The molecule has 3 rings (SSSR count). The van der Waals surface area contributed by atoms with Crippen LogP contribution >= 0.6 is 11.3 Å². The van der Waals surface area contributed by atoms with Gasteiger partial charge in [-0.1, -0.05) is 18.2 Å². The molecule has 2 N–H and O–H groups in total. The summed E-state index contributed by atoms with van der Waals surface area (Å²) in [6.07, 6.45) is 2.56. The van der Waals surface area contributed by atoms with Gasteiger partial charge in [0.25, 0.3) is 5.91 Å². The number of benzene rings is 1. The van der Waals surface area contributed by atoms with Crippen molar-refractivity contribution in [3.63, 3.8) is 0 Å². The van der Waals surface area contributed by atoms with Crippen molar-refractivity contribution in [1.29, 1.82) is 0 Å². The van der Waals surface area contributed by atoms with Crippen LogP contribution in [0.5, 0.6) is 0 Å². The number of H-pyrrole nitrogens is 1. The normalized spacial score (nSPS) is 10.5. The Morgan fingerprint density at radius 2 is 2.19 bits per heavy atom. The zero-order valence-corrected chi connectivity index (χ0v) is 12.2. The maximum absolute atomic E-state index is 12.2. The third-order valence-corrected chi connectivity index (χ3v) is 4.11. The first-order chi connectivity index (χ1) is 10.3. The Morgan fingerprint density at radius 1 is 1.24 bits per heavy atom. The van der Waals surface area contributed by atoms with E-state index in [1.165, 1.54) is 4.88 Å². The van der Waals surface area contributed by atoms with Crippen molar-refractivity contribution in [2.24, 2.45) is 0 Å². The molecule has 0 saturated carbocycles. The Morgan fingerprint density at radius 3 is 2.95 bits per heavy atom. The first-order valence-corrected chi connectivity index (χ1v) is 7.61. The van der Waals surface area contributed by atoms with Crippen LogP contribution in [0.3, 0.4) is 0 Å². The molecule has 0 aliphatic rings. The summed E-state index contributed by atoms with van der Waals surface area (Å²) in [6, 6.07) is 13.5. The summed E-state index contributed by atoms with van der Waals surface area (Å²) in [5.41, 5.74) is 2.52. The molecule has 5 heteroatoms. The largest absolute Gasteiger partial charge is 0.352 e. The number of hydrogen-bond acceptors (Lipinski definition) is 3. The summed E-state index contributed by atoms with van der Waals surface area (Å²) in [7, 11) is 0. The predicted molar refractivity (Wildman–Crippen MR) is 84.4 cm³/mol. The van der Waals surface area contributed by atoms with E-state index in [2.05, 4.69) is 21.6 Å². The first kappa shape index (κ1) is 13.6. The minimum absolute atomic E-state index is 0.0482. The van der Waals surface area contributed by atoms with Gasteiger partial charge in [0.1, 0.15) is 0 Å². The maximum atomic E-state index is 12.2. The summed E-state index contributed by atoms with van der Waals surface area (Å²) in [5, 5.41) is 11.8. The van der Waals surface area contributed by atoms with Crippen molar-refractivity contribution in [2.75, 3.05) is 6.54 Å². The van der Waals surface area contributed by atoms with Crippen LogP contribution in [-0.2, 0) is 6.42 Å². The van der Waals surface area contributed by atoms with Gasteiger partial charge < -0.3 is 5.32 Å². The molecular formula is C16H15N3OS. The molecule has 106 valence electrons. The van der Waals surface area contributed by atoms with E-state index in [4.69, 9.17) is 0 Å². The summed E-state index contributed by atoms with van der Waals surface area (Å²) in [6.45, 7) is 0.646. The Kier molecular flexibility index (Phi) is 4.12. The maximum Gasteiger partial charge on any atom is 0.251 e. The van der Waals surface area contributed by atoms with Gasteiger partial charge in [0.05, 0.1) is 5.69 Å². The summed E-state index contributed by atoms with van der Waals surface area (Å²) in [5.74, 6) is -0.0482. The monoisotopic (exact) mass is 297 g/mol. The number of carbonyl (C=O) groups is 1. The van der Waals surface area contributed by atoms with Crippen LogP contribution < -0.4 is 5.32 Å². The minimum atomic E-state index is -0.0482. The Labute approximate surface area is 126 Å². The number of nitrogens with zero attached hydrogens (tertiary/aromatic N) is 1. The molecule has 0 atom stereocenters. The molecule has 1 aromatic carbocycles. The highest BCUT2D eigenvalue weighted by molar-refractivity contribution is 7.09. The molecule has 21 heavy (non-hydrogen) atoms. The molecule has 0 aliphatic carbocycles. The van der Waals surface area contributed by atoms with E-state index < -0.39 is 0 Å². The van der Waals surface area contributed by atoms with E-state index in [1.54, 1.807) is 17.5 Å². The summed E-state index contributed by atoms with van der Waals surface area (Å²) in [4.78, 5) is 13.4. The van der Waals surface area contributed by atoms with Crippen LogP contribution in [0, 0.1) is 0 Å². The Balaban J connectivity index is 1.63. The molecule has 4 nitrogen and oxygen atoms in total. The van der Waals surface area contributed by atoms with Gasteiger partial charge in [-0.25, -0.2) is 0 Å². The van der Waals surface area contributed by atoms with Crippen LogP contribution in [0.15, 0.2) is 54.0 Å². The number of aromatic amines is 1. The molecule has 2 heterocycles. The number of carbonyl (C=O) groups excluding carboxylic acids is 1. The van der Waals surface area contributed by atoms with E-state index in [0.29, 0.717) is 12.1 Å². The lowest BCUT2D eigenvalue weighted by Crippen LogP contribution is -2.25. The molecule has 0 fully saturated rings. The topological polar surface area (TPSA) is 57.8 Å². The minimum Gasteiger partial charge on any atom is -0.352 e. The van der Waals surface area contributed by atoms with Crippen molar-refractivity contribution < 1.29 is 4.79 Å². The van der Waals surface area contributed by atoms with Crippen molar-refractivity contribution in [2.45, 2.75) is 6.42 Å². The zero-order chi connectivity index (χ0) is 14.5. The molecule has 2 aromatic heterocycles. The number of aromatic nitrogens is 2. The lowest BCUT2D eigenvalue weighted by molar-refractivity contribution is 0.0954. The number of thiophene rings is 1. The third-order valence-electron chi connectivity index (χ3n) is 3.17. The number of hydrogen-bond donors (Lipinski definition) is 2. The second-order valence-electron chi connectivity index (χ2n) is 4.64. The SMILES string of the molecule is O=C(NCCc1cccs1)c1cccc(-c2ccn[nH]2)c1. The van der Waals surface area contributed by atoms with Gasteiger partial charge >= 0.3 is 0 Å². The summed E-state index contributed by atoms with van der Waals surface area (Å²) >= 11 is 1.71. The molecular weight excluding hydrogens is 282 g/mol. The van der Waals surface area contributed by atoms with Gasteiger partial charge in [0, 0.05) is 28.7 Å². The highest BCUT2D eigenvalue weighted by Crippen LogP contribution is 2.17. The van der Waals surface area contributed by atoms with Gasteiger partial charge in [0.2, 0.25) is 0 Å². The van der Waals surface area contributed by atoms with Gasteiger partial charge in [-0.05, 0) is 36.1 Å². The molecule has 3 aromatic rings. The molecule has 1 amide bonds. The average molecular weight is 297 g/mol. The highest BCUT2D eigenvalue weighted by Gasteiger charge is 2.07. The predicted octanol–water partition coefficient (Wildman–Crippen LogP) is 3.11. The van der Waals surface area contributed by atoms with Crippen LogP contribution in [0.4, 0.5) is 0 Å². The number of nitrogens with one attached hydrogen (secondary N) is 2. The van der Waals surface area contributed by atoms with Gasteiger partial charge in [-0.3, -0.25) is 9.89 Å². The van der Waals surface area contributed by atoms with Gasteiger partial charge in [0.15, 0.2) is 0 Å². The fourth-order valence-corrected chi connectivity index (χ4v) is 2.81. The van der Waals surface area contributed by atoms with E-state index in [1.807, 2.05) is 41.8 Å². The van der Waals surface area contributed by atoms with E-state index >= 15 is 0 Å². The molecule has 0 saturated heterocycles. The van der Waals surface area contributed by atoms with Crippen molar-refractivity contribution >= 4 is 17.2 Å². The van der Waals surface area contributed by atoms with E-state index in [-0.39, 0.29) is 5.91 Å². The second kappa shape index (κ2) is 6.37. The number of rotatable bonds is 5. The quantitative estimate of drug-likeness (QED) is 0.760. The number of amides is 1. The fourth-order valence-electron chi connectivity index (χ4n) is 2.10. The smallest absolute Gasteiger partial charge is 0.251 e. The molecule has 0 aliphatic heterocycles. The van der Waals surface area contributed by atoms with Crippen molar-refractivity contribution in [1.82, 2.24) is 15.5 Å². The zero-order valence-electron chi connectivity index (χ0n) is 11.4. The molecule has 0 spiro atoms. The standard InChI is InChI=1S/C16H15N3OS/c20-16(17-8-6-14-5-2-10-21-14)13-4-1-3-12(11-13)15-7-9-18-19-15/h1-5,7,9-11H,6,8H2,(H,17,20)(H,18,19). The second-order valence-corrected chi connectivity index (χ2v) is 5.67. The van der Waals surface area contributed by atoms with E-state index in [9.17, 15) is 4.79 Å². The van der Waals surface area contributed by atoms with Gasteiger partial charge in [-0.2, -0.15) is 5.10 Å². The first-order valence-electron chi connectivity index (χ1n) is 6.73. The van der Waals surface area contributed by atoms with Crippen LogP contribution in [0.2, 0.25) is 0 Å². The van der Waals surface area contributed by atoms with E-state index in [0.717, 1.165) is 17.7 Å². The Hall–Kier alpha value is -2.40. The van der Waals surface area contributed by atoms with Crippen molar-refractivity contribution in [3.8, 4) is 11.3 Å². The fraction of sp³-hybridized carbons (Fsp3) is 0.125. The lowest BCUT2D eigenvalue weighted by Gasteiger charge is -2.06.